The average Bonchev–Trinajstić information content (AvgIpc) is 3.33. The van der Waals surface area contributed by atoms with Crippen molar-refractivity contribution in [3.8, 4) is 17.6 Å². The number of aliphatic hydroxyl groups excluding tert-OH is 1. The highest BCUT2D eigenvalue weighted by atomic mass is 31.3. The summed E-state index contributed by atoms with van der Waals surface area (Å²) in [6.45, 7) is 3.71. The first kappa shape index (κ1) is 41.3. The number of nitrogens with zero attached hydrogens (tertiary/aromatic N) is 2. The summed E-state index contributed by atoms with van der Waals surface area (Å²) in [6, 6.07) is 2.62. The van der Waals surface area contributed by atoms with E-state index >= 15 is 0 Å². The van der Waals surface area contributed by atoms with Gasteiger partial charge in [0.2, 0.25) is 0 Å². The van der Waals surface area contributed by atoms with E-state index in [1.807, 2.05) is 0 Å². The molecule has 278 valence electrons. The van der Waals surface area contributed by atoms with E-state index in [4.69, 9.17) is 29.7 Å². The number of rotatable bonds is 14. The second kappa shape index (κ2) is 16.1. The maximum atomic E-state index is 12.8. The van der Waals surface area contributed by atoms with Gasteiger partial charge in [-0.15, -0.1) is 0 Å². The number of hydrogen-bond acceptors (Lipinski definition) is 15. The van der Waals surface area contributed by atoms with Crippen molar-refractivity contribution in [1.29, 1.82) is 0 Å². The Bertz CT molecular complexity index is 1910. The van der Waals surface area contributed by atoms with Gasteiger partial charge in [-0.05, 0) is 11.5 Å². The summed E-state index contributed by atoms with van der Waals surface area (Å²) in [5.41, 5.74) is 2.58. The lowest BCUT2D eigenvalue weighted by molar-refractivity contribution is -0.386. The highest BCUT2D eigenvalue weighted by Crippen LogP contribution is 2.66. The molecule has 0 spiro atoms. The molecule has 50 heavy (non-hydrogen) atoms. The number of aromatic amines is 1. The zero-order valence-electron chi connectivity index (χ0n) is 26.7. The Morgan fingerprint density at radius 3 is 2.38 bits per heavy atom. The standard InChI is InChI=1S/C25H35N4O18P3/c1-25(2,3)22(16-9-19(42-4)14(6-5-7-26)8-17(16)29(33)34)43-12-15-11-28(24(32)27-23(15)31)21-10-18(30)20(45-21)13-44-49(38,39)47-50(40,41)46-48(35,36)37/h8-9,11,18,20-22,30H,7,10,12-13,26H2,1-4H3,(H,38,39)(H,40,41)(H,27,31,32)(H2,35,36,37)/t18-,20+,21+,22+/m0/s1. The number of hydrogen-bond donors (Lipinski definition) is 7. The molecule has 6 atom stereocenters. The number of aromatic nitrogens is 2. The number of nitro groups is 1. The van der Waals surface area contributed by atoms with Gasteiger partial charge in [-0.25, -0.2) is 18.5 Å². The Labute approximate surface area is 282 Å². The number of nitro benzene ring substituents is 1. The number of methoxy groups -OCH3 is 1. The number of nitrogens with one attached hydrogen (secondary N) is 1. The zero-order valence-corrected chi connectivity index (χ0v) is 29.4. The fraction of sp³-hybridized carbons (Fsp3) is 0.520. The third kappa shape index (κ3) is 11.2. The molecule has 2 unspecified atom stereocenters. The van der Waals surface area contributed by atoms with Crippen LogP contribution in [-0.4, -0.2) is 71.6 Å². The van der Waals surface area contributed by atoms with Gasteiger partial charge in [-0.3, -0.25) is 29.0 Å². The summed E-state index contributed by atoms with van der Waals surface area (Å²) in [4.78, 5) is 75.3. The summed E-state index contributed by atoms with van der Waals surface area (Å²) in [6.07, 6.45) is -4.58. The minimum atomic E-state index is -5.80. The number of nitrogens with two attached hydrogens (primary N) is 1. The lowest BCUT2D eigenvalue weighted by atomic mass is 9.83. The van der Waals surface area contributed by atoms with Gasteiger partial charge in [-0.1, -0.05) is 32.6 Å². The SMILES string of the molecule is COc1cc([C@@H](OCc2cn([C@H]3C[C@H](O)[C@@H](COP(=O)(O)OP(=O)(O)OP(=O)(O)O)O3)c(=O)[nH]c2=O)C(C)(C)C)c([N+](=O)[O-])cc1C#CCN. The van der Waals surface area contributed by atoms with Crippen LogP contribution in [0.5, 0.6) is 5.75 Å². The van der Waals surface area contributed by atoms with Crippen molar-refractivity contribution in [3.63, 3.8) is 0 Å². The van der Waals surface area contributed by atoms with Crippen molar-refractivity contribution in [2.24, 2.45) is 11.1 Å². The lowest BCUT2D eigenvalue weighted by Crippen LogP contribution is -2.35. The first-order chi connectivity index (χ1) is 23.0. The molecule has 0 amide bonds. The Morgan fingerprint density at radius 1 is 1.16 bits per heavy atom. The molecule has 1 fully saturated rings. The van der Waals surface area contributed by atoms with Crippen LogP contribution >= 0.6 is 23.5 Å². The van der Waals surface area contributed by atoms with E-state index < -0.39 is 82.8 Å². The number of phosphoric acid groups is 3. The largest absolute Gasteiger partial charge is 0.495 e. The van der Waals surface area contributed by atoms with Crippen LogP contribution in [0.15, 0.2) is 27.9 Å². The minimum absolute atomic E-state index is 0.00331. The minimum Gasteiger partial charge on any atom is -0.495 e. The fourth-order valence-corrected chi connectivity index (χ4v) is 7.72. The van der Waals surface area contributed by atoms with Crippen molar-refractivity contribution in [3.05, 3.63) is 66.0 Å². The Hall–Kier alpha value is -3.09. The quantitative estimate of drug-likeness (QED) is 0.0611. The Morgan fingerprint density at radius 2 is 1.82 bits per heavy atom. The van der Waals surface area contributed by atoms with Gasteiger partial charge in [0, 0.05) is 18.7 Å². The van der Waals surface area contributed by atoms with Gasteiger partial charge in [0.25, 0.3) is 11.2 Å². The van der Waals surface area contributed by atoms with E-state index in [-0.39, 0.29) is 41.1 Å². The van der Waals surface area contributed by atoms with Crippen LogP contribution in [0.2, 0.25) is 0 Å². The van der Waals surface area contributed by atoms with Crippen molar-refractivity contribution in [2.45, 2.75) is 58.3 Å². The van der Waals surface area contributed by atoms with Gasteiger partial charge in [0.15, 0.2) is 0 Å². The lowest BCUT2D eigenvalue weighted by Gasteiger charge is -2.31. The molecule has 2 aromatic rings. The van der Waals surface area contributed by atoms with Crippen LogP contribution in [0, 0.1) is 27.4 Å². The molecule has 1 aliphatic rings. The van der Waals surface area contributed by atoms with E-state index in [2.05, 4.69) is 30.0 Å². The van der Waals surface area contributed by atoms with Gasteiger partial charge >= 0.3 is 29.2 Å². The predicted molar refractivity (Wildman–Crippen MR) is 168 cm³/mol. The van der Waals surface area contributed by atoms with Gasteiger partial charge in [0.05, 0.1) is 60.7 Å². The molecular formula is C25H35N4O18P3. The molecule has 0 radical (unpaired) electrons. The zero-order chi connectivity index (χ0) is 37.8. The second-order valence-corrected chi connectivity index (χ2v) is 16.0. The van der Waals surface area contributed by atoms with E-state index in [0.29, 0.717) is 0 Å². The third-order valence-corrected chi connectivity index (χ3v) is 10.5. The first-order valence-corrected chi connectivity index (χ1v) is 18.6. The smallest absolute Gasteiger partial charge is 0.490 e. The van der Waals surface area contributed by atoms with Gasteiger partial charge in [-0.2, -0.15) is 8.62 Å². The molecule has 1 aliphatic heterocycles. The van der Waals surface area contributed by atoms with Crippen LogP contribution in [0.3, 0.4) is 0 Å². The van der Waals surface area contributed by atoms with Crippen molar-refractivity contribution >= 4 is 29.2 Å². The Balaban J connectivity index is 1.85. The van der Waals surface area contributed by atoms with Crippen molar-refractivity contribution < 1.29 is 70.7 Å². The van der Waals surface area contributed by atoms with Crippen molar-refractivity contribution in [2.75, 3.05) is 20.3 Å². The molecule has 1 saturated heterocycles. The highest BCUT2D eigenvalue weighted by molar-refractivity contribution is 7.66. The average molecular weight is 772 g/mol. The van der Waals surface area contributed by atoms with E-state index in [1.54, 1.807) is 20.8 Å². The normalized spacial score (nSPS) is 21.0. The van der Waals surface area contributed by atoms with E-state index in [1.165, 1.54) is 19.2 Å². The number of aliphatic hydroxyl groups is 1. The molecular weight excluding hydrogens is 737 g/mol. The molecule has 0 bridgehead atoms. The van der Waals surface area contributed by atoms with Gasteiger partial charge in [0.1, 0.15) is 18.1 Å². The summed E-state index contributed by atoms with van der Waals surface area (Å²) >= 11 is 0. The van der Waals surface area contributed by atoms with Crippen LogP contribution in [-0.2, 0) is 42.9 Å². The molecule has 0 saturated carbocycles. The number of benzene rings is 1. The maximum absolute atomic E-state index is 12.8. The summed E-state index contributed by atoms with van der Waals surface area (Å²) in [5.74, 6) is 5.54. The summed E-state index contributed by atoms with van der Waals surface area (Å²) < 4.78 is 64.0. The maximum Gasteiger partial charge on any atom is 0.490 e. The molecule has 2 heterocycles. The van der Waals surface area contributed by atoms with Crippen LogP contribution < -0.4 is 21.7 Å². The molecule has 1 aromatic heterocycles. The fourth-order valence-electron chi connectivity index (χ4n) is 4.70. The molecule has 3 rings (SSSR count). The molecule has 22 nitrogen and oxygen atoms in total. The topological polar surface area (TPSA) is 332 Å². The number of phosphoric ester groups is 1. The molecule has 25 heteroatoms. The first-order valence-electron chi connectivity index (χ1n) is 14.1. The Kier molecular flexibility index (Phi) is 13.3. The van der Waals surface area contributed by atoms with E-state index in [9.17, 15) is 48.3 Å². The molecule has 8 N–H and O–H groups in total. The molecule has 0 aliphatic carbocycles. The monoisotopic (exact) mass is 772 g/mol. The van der Waals surface area contributed by atoms with Gasteiger partial charge < -0.3 is 44.6 Å². The van der Waals surface area contributed by atoms with Crippen LogP contribution in [0.25, 0.3) is 0 Å². The second-order valence-electron chi connectivity index (χ2n) is 11.6. The van der Waals surface area contributed by atoms with E-state index in [0.717, 1.165) is 10.8 Å². The number of H-pyrrole nitrogens is 1. The highest BCUT2D eigenvalue weighted by Gasteiger charge is 2.43. The number of ether oxygens (including phenoxy) is 3. The van der Waals surface area contributed by atoms with Crippen molar-refractivity contribution in [1.82, 2.24) is 9.55 Å². The summed E-state index contributed by atoms with van der Waals surface area (Å²) in [7, 11) is -15.6. The van der Waals surface area contributed by atoms with Crippen LogP contribution in [0.1, 0.15) is 56.2 Å². The summed E-state index contributed by atoms with van der Waals surface area (Å²) in [5, 5.41) is 22.6. The molecule has 1 aromatic carbocycles. The van der Waals surface area contributed by atoms with Crippen LogP contribution in [0.4, 0.5) is 5.69 Å². The predicted octanol–water partition coefficient (Wildman–Crippen LogP) is 1.06. The third-order valence-electron chi connectivity index (χ3n) is 6.72.